The number of nitrogens with two attached hydrogens (primary N) is 1. The monoisotopic (exact) mass is 257 g/mol. The highest BCUT2D eigenvalue weighted by atomic mass is 16.4. The molecule has 1 aromatic carbocycles. The SMILES string of the molecule is CC(Cn1ccnc1)Nc1nc2c(N)cccc2o1. The maximum Gasteiger partial charge on any atom is 0.296 e. The van der Waals surface area contributed by atoms with Crippen LogP contribution in [0.3, 0.4) is 0 Å². The van der Waals surface area contributed by atoms with Crippen LogP contribution in [0.4, 0.5) is 11.7 Å². The van der Waals surface area contributed by atoms with E-state index in [0.29, 0.717) is 22.8 Å². The molecule has 3 aromatic rings. The fourth-order valence-electron chi connectivity index (χ4n) is 2.00. The summed E-state index contributed by atoms with van der Waals surface area (Å²) in [5.74, 6) is 0. The second kappa shape index (κ2) is 4.64. The molecule has 0 aliphatic heterocycles. The fraction of sp³-hybridized carbons (Fsp3) is 0.231. The molecular weight excluding hydrogens is 242 g/mol. The first-order valence-corrected chi connectivity index (χ1v) is 6.09. The quantitative estimate of drug-likeness (QED) is 0.699. The number of fused-ring (bicyclic) bond motifs is 1. The number of aromatic nitrogens is 3. The van der Waals surface area contributed by atoms with Gasteiger partial charge in [0.1, 0.15) is 5.52 Å². The number of nitrogen functional groups attached to an aromatic ring is 1. The highest BCUT2D eigenvalue weighted by Crippen LogP contribution is 2.23. The van der Waals surface area contributed by atoms with Crippen LogP contribution in [0.1, 0.15) is 6.92 Å². The van der Waals surface area contributed by atoms with Crippen LogP contribution in [-0.4, -0.2) is 20.6 Å². The average molecular weight is 257 g/mol. The molecule has 0 bridgehead atoms. The Morgan fingerprint density at radius 1 is 1.47 bits per heavy atom. The number of para-hydroxylation sites is 1. The van der Waals surface area contributed by atoms with Crippen LogP contribution in [0.2, 0.25) is 0 Å². The molecule has 0 fully saturated rings. The lowest BCUT2D eigenvalue weighted by atomic mass is 10.3. The van der Waals surface area contributed by atoms with Gasteiger partial charge in [-0.05, 0) is 19.1 Å². The molecule has 19 heavy (non-hydrogen) atoms. The number of imidazole rings is 1. The number of hydrogen-bond acceptors (Lipinski definition) is 5. The van der Waals surface area contributed by atoms with Crippen LogP contribution in [0.15, 0.2) is 41.3 Å². The normalized spacial score (nSPS) is 12.7. The van der Waals surface area contributed by atoms with Gasteiger partial charge in [-0.15, -0.1) is 0 Å². The zero-order valence-corrected chi connectivity index (χ0v) is 10.6. The molecule has 0 saturated heterocycles. The van der Waals surface area contributed by atoms with Crippen molar-refractivity contribution in [1.82, 2.24) is 14.5 Å². The van der Waals surface area contributed by atoms with Crippen molar-refractivity contribution in [3.63, 3.8) is 0 Å². The molecule has 2 aromatic heterocycles. The zero-order chi connectivity index (χ0) is 13.2. The number of oxazole rings is 1. The van der Waals surface area contributed by atoms with E-state index in [1.165, 1.54) is 0 Å². The second-order valence-corrected chi connectivity index (χ2v) is 4.52. The van der Waals surface area contributed by atoms with Crippen LogP contribution in [0.5, 0.6) is 0 Å². The molecule has 0 aliphatic rings. The minimum Gasteiger partial charge on any atom is -0.423 e. The van der Waals surface area contributed by atoms with E-state index in [1.807, 2.05) is 29.0 Å². The molecule has 2 heterocycles. The van der Waals surface area contributed by atoms with E-state index in [9.17, 15) is 0 Å². The number of rotatable bonds is 4. The molecule has 1 atom stereocenters. The highest BCUT2D eigenvalue weighted by Gasteiger charge is 2.10. The second-order valence-electron chi connectivity index (χ2n) is 4.52. The van der Waals surface area contributed by atoms with E-state index in [0.717, 1.165) is 6.54 Å². The molecule has 6 nitrogen and oxygen atoms in total. The fourth-order valence-corrected chi connectivity index (χ4v) is 2.00. The first-order valence-electron chi connectivity index (χ1n) is 6.09. The molecule has 0 saturated carbocycles. The van der Waals surface area contributed by atoms with Crippen LogP contribution < -0.4 is 11.1 Å². The Kier molecular flexibility index (Phi) is 2.83. The van der Waals surface area contributed by atoms with E-state index in [2.05, 4.69) is 22.2 Å². The highest BCUT2D eigenvalue weighted by molar-refractivity contribution is 5.86. The molecule has 98 valence electrons. The first-order chi connectivity index (χ1) is 9.22. The van der Waals surface area contributed by atoms with Crippen LogP contribution in [-0.2, 0) is 6.54 Å². The van der Waals surface area contributed by atoms with Crippen molar-refractivity contribution in [2.24, 2.45) is 0 Å². The van der Waals surface area contributed by atoms with Crippen molar-refractivity contribution in [3.8, 4) is 0 Å². The molecular formula is C13H15N5O. The number of benzene rings is 1. The largest absolute Gasteiger partial charge is 0.423 e. The molecule has 0 radical (unpaired) electrons. The van der Waals surface area contributed by atoms with E-state index in [-0.39, 0.29) is 6.04 Å². The lowest BCUT2D eigenvalue weighted by Crippen LogP contribution is -2.21. The van der Waals surface area contributed by atoms with Gasteiger partial charge in [-0.1, -0.05) is 6.07 Å². The molecule has 1 unspecified atom stereocenters. The Morgan fingerprint density at radius 2 is 2.37 bits per heavy atom. The Hall–Kier alpha value is -2.50. The summed E-state index contributed by atoms with van der Waals surface area (Å²) in [7, 11) is 0. The van der Waals surface area contributed by atoms with Gasteiger partial charge in [-0.2, -0.15) is 4.98 Å². The summed E-state index contributed by atoms with van der Waals surface area (Å²) in [6, 6.07) is 6.17. The summed E-state index contributed by atoms with van der Waals surface area (Å²) in [6.45, 7) is 2.84. The number of nitrogens with zero attached hydrogens (tertiary/aromatic N) is 3. The minimum absolute atomic E-state index is 0.170. The predicted octanol–water partition coefficient (Wildman–Crippen LogP) is 2.11. The summed E-state index contributed by atoms with van der Waals surface area (Å²) in [5.41, 5.74) is 7.86. The minimum atomic E-state index is 0.170. The smallest absolute Gasteiger partial charge is 0.296 e. The summed E-state index contributed by atoms with van der Waals surface area (Å²) in [5, 5.41) is 3.21. The lowest BCUT2D eigenvalue weighted by Gasteiger charge is -2.12. The molecule has 0 spiro atoms. The van der Waals surface area contributed by atoms with Crippen molar-refractivity contribution in [3.05, 3.63) is 36.9 Å². The summed E-state index contributed by atoms with van der Waals surface area (Å²) < 4.78 is 7.61. The Balaban J connectivity index is 1.76. The van der Waals surface area contributed by atoms with Crippen LogP contribution >= 0.6 is 0 Å². The van der Waals surface area contributed by atoms with E-state index in [4.69, 9.17) is 10.2 Å². The van der Waals surface area contributed by atoms with Gasteiger partial charge < -0.3 is 20.0 Å². The van der Waals surface area contributed by atoms with Crippen molar-refractivity contribution in [2.75, 3.05) is 11.1 Å². The van der Waals surface area contributed by atoms with Gasteiger partial charge in [0.05, 0.1) is 12.0 Å². The molecule has 0 aliphatic carbocycles. The van der Waals surface area contributed by atoms with Crippen molar-refractivity contribution in [1.29, 1.82) is 0 Å². The maximum atomic E-state index is 5.85. The summed E-state index contributed by atoms with van der Waals surface area (Å²) in [4.78, 5) is 8.36. The summed E-state index contributed by atoms with van der Waals surface area (Å²) >= 11 is 0. The van der Waals surface area contributed by atoms with Gasteiger partial charge in [0, 0.05) is 25.0 Å². The maximum absolute atomic E-state index is 5.85. The molecule has 6 heteroatoms. The zero-order valence-electron chi connectivity index (χ0n) is 10.6. The third-order valence-corrected chi connectivity index (χ3v) is 2.86. The van der Waals surface area contributed by atoms with Crippen molar-refractivity contribution in [2.45, 2.75) is 19.5 Å². The van der Waals surface area contributed by atoms with Crippen molar-refractivity contribution < 1.29 is 4.42 Å². The lowest BCUT2D eigenvalue weighted by molar-refractivity contribution is 0.566. The van der Waals surface area contributed by atoms with Gasteiger partial charge in [0.15, 0.2) is 5.58 Å². The molecule has 3 rings (SSSR count). The third-order valence-electron chi connectivity index (χ3n) is 2.86. The standard InChI is InChI=1S/C13H15N5O/c1-9(7-18-6-5-15-8-18)16-13-17-12-10(14)3-2-4-11(12)19-13/h2-6,8-9H,7,14H2,1H3,(H,16,17). The van der Waals surface area contributed by atoms with E-state index < -0.39 is 0 Å². The first kappa shape index (κ1) is 11.6. The van der Waals surface area contributed by atoms with Crippen molar-refractivity contribution >= 4 is 22.8 Å². The van der Waals surface area contributed by atoms with Gasteiger partial charge in [-0.3, -0.25) is 0 Å². The van der Waals surface area contributed by atoms with Gasteiger partial charge in [0.2, 0.25) is 0 Å². The van der Waals surface area contributed by atoms with Gasteiger partial charge >= 0.3 is 0 Å². The number of anilines is 2. The Bertz CT molecular complexity index is 673. The van der Waals surface area contributed by atoms with E-state index >= 15 is 0 Å². The van der Waals surface area contributed by atoms with Gasteiger partial charge in [0.25, 0.3) is 6.01 Å². The van der Waals surface area contributed by atoms with Crippen LogP contribution in [0.25, 0.3) is 11.1 Å². The van der Waals surface area contributed by atoms with E-state index in [1.54, 1.807) is 12.5 Å². The third kappa shape index (κ3) is 2.37. The van der Waals surface area contributed by atoms with Gasteiger partial charge in [-0.25, -0.2) is 4.98 Å². The van der Waals surface area contributed by atoms with Crippen LogP contribution in [0, 0.1) is 0 Å². The average Bonchev–Trinajstić information content (AvgIpc) is 2.98. The predicted molar refractivity (Wildman–Crippen MR) is 73.7 cm³/mol. The molecule has 3 N–H and O–H groups in total. The number of hydrogen-bond donors (Lipinski definition) is 2. The summed E-state index contributed by atoms with van der Waals surface area (Å²) in [6.07, 6.45) is 5.46. The molecule has 0 amide bonds. The Morgan fingerprint density at radius 3 is 3.11 bits per heavy atom. The topological polar surface area (TPSA) is 81.9 Å². The Labute approximate surface area is 110 Å². The number of nitrogens with one attached hydrogen (secondary N) is 1.